The fourth-order valence-corrected chi connectivity index (χ4v) is 9.00. The Bertz CT molecular complexity index is 1800. The molecule has 8 rings (SSSR count). The van der Waals surface area contributed by atoms with Gasteiger partial charge in [-0.2, -0.15) is 5.10 Å². The van der Waals surface area contributed by atoms with Gasteiger partial charge in [-0.25, -0.2) is 4.79 Å². The van der Waals surface area contributed by atoms with Crippen LogP contribution in [-0.2, 0) is 19.1 Å². The molecule has 1 aromatic carbocycles. The fraction of sp³-hybridized carbons (Fsp3) is 0.605. The molecule has 2 unspecified atom stereocenters. The lowest BCUT2D eigenvalue weighted by atomic mass is 9.92. The van der Waals surface area contributed by atoms with Crippen molar-refractivity contribution in [3.05, 3.63) is 41.1 Å². The van der Waals surface area contributed by atoms with E-state index in [4.69, 9.17) is 4.74 Å². The van der Waals surface area contributed by atoms with E-state index >= 15 is 0 Å². The number of benzene rings is 1. The van der Waals surface area contributed by atoms with Crippen molar-refractivity contribution in [2.24, 2.45) is 11.8 Å². The van der Waals surface area contributed by atoms with E-state index in [1.807, 2.05) is 19.1 Å². The van der Waals surface area contributed by atoms with Crippen LogP contribution in [0.2, 0.25) is 0 Å². The van der Waals surface area contributed by atoms with Gasteiger partial charge in [0.15, 0.2) is 5.82 Å². The van der Waals surface area contributed by atoms with Gasteiger partial charge in [0.1, 0.15) is 12.1 Å². The van der Waals surface area contributed by atoms with Gasteiger partial charge in [0.05, 0.1) is 11.1 Å². The normalized spacial score (nSPS) is 27.9. The number of anilines is 2. The highest BCUT2D eigenvalue weighted by atomic mass is 16.6. The minimum absolute atomic E-state index is 0.0235. The molecule has 0 spiro atoms. The third-order valence-corrected chi connectivity index (χ3v) is 12.3. The molecule has 5 atom stereocenters. The molecular formula is C38H48N8O7. The fourth-order valence-electron chi connectivity index (χ4n) is 9.00. The molecule has 0 radical (unpaired) electrons. The topological polar surface area (TPSA) is 177 Å². The van der Waals surface area contributed by atoms with E-state index in [0.717, 1.165) is 100 Å². The van der Waals surface area contributed by atoms with Gasteiger partial charge in [-0.15, -0.1) is 0 Å². The number of piperidine rings is 2. The van der Waals surface area contributed by atoms with Crippen molar-refractivity contribution < 1.29 is 33.5 Å². The van der Waals surface area contributed by atoms with Crippen LogP contribution in [0.1, 0.15) is 103 Å². The van der Waals surface area contributed by atoms with Crippen LogP contribution in [-0.4, -0.2) is 118 Å². The molecule has 282 valence electrons. The number of fused-ring (bicyclic) bond motifs is 1. The summed E-state index contributed by atoms with van der Waals surface area (Å²) >= 11 is 0. The molecule has 4 saturated heterocycles. The molecule has 5 fully saturated rings. The number of carbonyl (C=O) groups excluding carboxylic acids is 6. The maximum atomic E-state index is 13.3. The molecule has 1 aromatic heterocycles. The van der Waals surface area contributed by atoms with Crippen LogP contribution in [0, 0.1) is 11.8 Å². The standard InChI is InChI=1S/C38H48N8O7/c1-22-8-15-45(22)38(52)53-27-4-2-25(17-27)30-19-32(42-41-30)39-34(48)16-23-9-12-43(13-10-23)20-24-11-14-44(21-24)26-3-5-28-29(18-26)37(51)46(36(28)50)31-6-7-33(47)40-35(31)49/h3,5,18-19,22-25,27,31H,2,4,6-17,20-21H2,1H3,(H,40,47,49)(H2,39,41,42,48)/t22-,24?,25-,27+,31?/m0/s1. The first-order valence-electron chi connectivity index (χ1n) is 19.2. The lowest BCUT2D eigenvalue weighted by Crippen LogP contribution is -2.54. The Morgan fingerprint density at radius 2 is 1.70 bits per heavy atom. The number of ether oxygens (including phenoxy) is 1. The van der Waals surface area contributed by atoms with Crippen LogP contribution in [0.25, 0.3) is 0 Å². The Balaban J connectivity index is 0.758. The van der Waals surface area contributed by atoms with Crippen molar-refractivity contribution in [2.45, 2.75) is 95.2 Å². The van der Waals surface area contributed by atoms with Crippen molar-refractivity contribution in [3.63, 3.8) is 0 Å². The van der Waals surface area contributed by atoms with Crippen LogP contribution >= 0.6 is 0 Å². The molecule has 3 N–H and O–H groups in total. The summed E-state index contributed by atoms with van der Waals surface area (Å²) in [5, 5.41) is 12.7. The van der Waals surface area contributed by atoms with E-state index in [0.29, 0.717) is 35.2 Å². The monoisotopic (exact) mass is 728 g/mol. The summed E-state index contributed by atoms with van der Waals surface area (Å²) in [5.74, 6) is -0.477. The van der Waals surface area contributed by atoms with Gasteiger partial charge < -0.3 is 24.8 Å². The van der Waals surface area contributed by atoms with Crippen molar-refractivity contribution in [3.8, 4) is 0 Å². The Morgan fingerprint density at radius 3 is 2.45 bits per heavy atom. The molecule has 6 amide bonds. The Kier molecular flexibility index (Phi) is 9.68. The first kappa shape index (κ1) is 35.3. The molecule has 15 nitrogen and oxygen atoms in total. The molecule has 15 heteroatoms. The first-order chi connectivity index (χ1) is 25.6. The van der Waals surface area contributed by atoms with Crippen LogP contribution < -0.4 is 15.5 Å². The van der Waals surface area contributed by atoms with Crippen molar-refractivity contribution in [1.29, 1.82) is 0 Å². The second kappa shape index (κ2) is 14.6. The van der Waals surface area contributed by atoms with Crippen molar-refractivity contribution >= 4 is 47.1 Å². The van der Waals surface area contributed by atoms with Crippen LogP contribution in [0.5, 0.6) is 0 Å². The summed E-state index contributed by atoms with van der Waals surface area (Å²) in [5.41, 5.74) is 2.45. The van der Waals surface area contributed by atoms with Gasteiger partial charge in [0.2, 0.25) is 17.7 Å². The van der Waals surface area contributed by atoms with Crippen LogP contribution in [0.15, 0.2) is 24.3 Å². The largest absolute Gasteiger partial charge is 0.446 e. The molecule has 6 heterocycles. The van der Waals surface area contributed by atoms with Crippen LogP contribution in [0.3, 0.4) is 0 Å². The summed E-state index contributed by atoms with van der Waals surface area (Å²) in [6, 6.07) is 6.51. The Hall–Kier alpha value is -4.79. The third kappa shape index (κ3) is 7.27. The van der Waals surface area contributed by atoms with E-state index < -0.39 is 29.7 Å². The molecule has 5 aliphatic heterocycles. The average molecular weight is 729 g/mol. The molecule has 6 aliphatic rings. The number of amides is 6. The molecule has 2 aromatic rings. The highest BCUT2D eigenvalue weighted by Crippen LogP contribution is 2.37. The Morgan fingerprint density at radius 1 is 0.906 bits per heavy atom. The molecule has 1 aliphatic carbocycles. The zero-order valence-corrected chi connectivity index (χ0v) is 30.2. The van der Waals surface area contributed by atoms with Gasteiger partial charge >= 0.3 is 6.09 Å². The second-order valence-corrected chi connectivity index (χ2v) is 15.8. The molecular weight excluding hydrogens is 680 g/mol. The number of aromatic amines is 1. The van der Waals surface area contributed by atoms with E-state index in [2.05, 4.69) is 30.6 Å². The summed E-state index contributed by atoms with van der Waals surface area (Å²) in [6.07, 6.45) is 6.83. The maximum absolute atomic E-state index is 13.3. The SMILES string of the molecule is C[C@H]1CCN1C(=O)O[C@@H]1CC[C@H](c2cc(NC(=O)CC3CCN(CC4CCN(c5ccc6c(c5)C(=O)N(C5CCC(=O)NC5=O)C6=O)C4)CC3)n[nH]2)C1. The molecule has 53 heavy (non-hydrogen) atoms. The van der Waals surface area contributed by atoms with Crippen molar-refractivity contribution in [1.82, 2.24) is 30.2 Å². The number of H-pyrrole nitrogens is 1. The zero-order valence-electron chi connectivity index (χ0n) is 30.2. The van der Waals surface area contributed by atoms with E-state index in [9.17, 15) is 28.8 Å². The summed E-state index contributed by atoms with van der Waals surface area (Å²) < 4.78 is 5.74. The number of rotatable bonds is 9. The number of hydrogen-bond acceptors (Lipinski definition) is 10. The number of likely N-dealkylation sites (tertiary alicyclic amines) is 2. The van der Waals surface area contributed by atoms with E-state index in [1.165, 1.54) is 0 Å². The minimum atomic E-state index is -0.974. The van der Waals surface area contributed by atoms with E-state index in [1.54, 1.807) is 17.0 Å². The third-order valence-electron chi connectivity index (χ3n) is 12.3. The maximum Gasteiger partial charge on any atom is 0.410 e. The highest BCUT2D eigenvalue weighted by Gasteiger charge is 2.45. The summed E-state index contributed by atoms with van der Waals surface area (Å²) in [7, 11) is 0. The Labute approximate surface area is 308 Å². The number of imide groups is 2. The van der Waals surface area contributed by atoms with Gasteiger partial charge in [-0.3, -0.25) is 39.3 Å². The smallest absolute Gasteiger partial charge is 0.410 e. The number of carbonyl (C=O) groups is 6. The lowest BCUT2D eigenvalue weighted by Gasteiger charge is -2.38. The van der Waals surface area contributed by atoms with Gasteiger partial charge in [-0.1, -0.05) is 0 Å². The molecule has 0 bridgehead atoms. The van der Waals surface area contributed by atoms with E-state index in [-0.39, 0.29) is 42.9 Å². The minimum Gasteiger partial charge on any atom is -0.446 e. The number of aromatic nitrogens is 2. The average Bonchev–Trinajstić information content (AvgIpc) is 3.94. The summed E-state index contributed by atoms with van der Waals surface area (Å²) in [6.45, 7) is 7.35. The van der Waals surface area contributed by atoms with Crippen molar-refractivity contribution in [2.75, 3.05) is 49.5 Å². The predicted molar refractivity (Wildman–Crippen MR) is 192 cm³/mol. The first-order valence-corrected chi connectivity index (χ1v) is 19.2. The number of nitrogens with zero attached hydrogens (tertiary/aromatic N) is 5. The number of nitrogens with one attached hydrogen (secondary N) is 3. The highest BCUT2D eigenvalue weighted by molar-refractivity contribution is 6.23. The molecule has 1 saturated carbocycles. The summed E-state index contributed by atoms with van der Waals surface area (Å²) in [4.78, 5) is 83.3. The quantitative estimate of drug-likeness (QED) is 0.325. The second-order valence-electron chi connectivity index (χ2n) is 15.8. The zero-order chi connectivity index (χ0) is 36.8. The van der Waals surface area contributed by atoms with Gasteiger partial charge in [-0.05, 0) is 101 Å². The lowest BCUT2D eigenvalue weighted by molar-refractivity contribution is -0.136. The van der Waals surface area contributed by atoms with Gasteiger partial charge in [0.25, 0.3) is 11.8 Å². The van der Waals surface area contributed by atoms with Crippen LogP contribution in [0.4, 0.5) is 16.3 Å². The van der Waals surface area contributed by atoms with Gasteiger partial charge in [0, 0.05) is 68.4 Å². The number of hydrogen-bond donors (Lipinski definition) is 3. The predicted octanol–water partition coefficient (Wildman–Crippen LogP) is 3.24.